The molecule has 0 aliphatic carbocycles. The van der Waals surface area contributed by atoms with Crippen LogP contribution in [0.15, 0.2) is 29.9 Å². The third-order valence-electron chi connectivity index (χ3n) is 1.47. The minimum atomic E-state index is 0.622. The molecule has 60 valence electrons. The van der Waals surface area contributed by atoms with E-state index in [1.165, 1.54) is 4.88 Å². The molecule has 2 heterocycles. The highest BCUT2D eigenvalue weighted by molar-refractivity contribution is 7.71. The summed E-state index contributed by atoms with van der Waals surface area (Å²) in [7, 11) is 0. The van der Waals surface area contributed by atoms with Crippen LogP contribution < -0.4 is 0 Å². The van der Waals surface area contributed by atoms with Gasteiger partial charge in [0.15, 0.2) is 0 Å². The Balaban J connectivity index is 2.55. The number of hydrogen-bond donors (Lipinski definition) is 1. The minimum Gasteiger partial charge on any atom is -0.345 e. The van der Waals surface area contributed by atoms with Gasteiger partial charge in [-0.05, 0) is 17.5 Å². The van der Waals surface area contributed by atoms with Gasteiger partial charge in [0.25, 0.3) is 0 Å². The number of thiophene rings is 1. The van der Waals surface area contributed by atoms with Crippen LogP contribution in [-0.4, -0.2) is 9.97 Å². The van der Waals surface area contributed by atoms with Crippen LogP contribution in [0.3, 0.4) is 0 Å². The van der Waals surface area contributed by atoms with Crippen molar-refractivity contribution in [3.8, 4) is 10.6 Å². The van der Waals surface area contributed by atoms with Gasteiger partial charge < -0.3 is 4.98 Å². The number of H-pyrrole nitrogens is 1. The van der Waals surface area contributed by atoms with Gasteiger partial charge in [-0.15, -0.1) is 11.3 Å². The molecule has 2 aromatic rings. The zero-order chi connectivity index (χ0) is 8.39. The van der Waals surface area contributed by atoms with E-state index in [2.05, 4.69) is 9.97 Å². The molecule has 2 aromatic heterocycles. The van der Waals surface area contributed by atoms with Crippen molar-refractivity contribution >= 4 is 23.6 Å². The summed E-state index contributed by atoms with van der Waals surface area (Å²) in [5.74, 6) is 0. The molecule has 12 heavy (non-hydrogen) atoms. The van der Waals surface area contributed by atoms with Gasteiger partial charge in [0.1, 0.15) is 4.64 Å². The van der Waals surface area contributed by atoms with Crippen LogP contribution in [-0.2, 0) is 0 Å². The molecule has 0 bridgehead atoms. The first kappa shape index (κ1) is 7.64. The molecule has 0 atom stereocenters. The Morgan fingerprint density at radius 2 is 2.42 bits per heavy atom. The van der Waals surface area contributed by atoms with Gasteiger partial charge in [0.05, 0.1) is 16.9 Å². The van der Waals surface area contributed by atoms with Crippen molar-refractivity contribution in [1.29, 1.82) is 0 Å². The molecule has 0 radical (unpaired) electrons. The molecule has 1 N–H and O–H groups in total. The lowest BCUT2D eigenvalue weighted by Gasteiger charge is -1.94. The summed E-state index contributed by atoms with van der Waals surface area (Å²) in [6.07, 6.45) is 1.62. The third kappa shape index (κ3) is 1.44. The Hall–Kier alpha value is -1.00. The standard InChI is InChI=1S/C8H6N2S2/c11-8-4-6(9-5-10-8)7-2-1-3-12-7/h1-5H,(H,9,10,11). The molecule has 0 aliphatic rings. The zero-order valence-corrected chi connectivity index (χ0v) is 7.78. The van der Waals surface area contributed by atoms with Gasteiger partial charge in [-0.3, -0.25) is 0 Å². The van der Waals surface area contributed by atoms with Crippen LogP contribution in [0.5, 0.6) is 0 Å². The fraction of sp³-hybridized carbons (Fsp3) is 0. The second-order valence-corrected chi connectivity index (χ2v) is 3.64. The Morgan fingerprint density at radius 1 is 1.50 bits per heavy atom. The number of nitrogens with zero attached hydrogens (tertiary/aromatic N) is 1. The van der Waals surface area contributed by atoms with Gasteiger partial charge in [-0.2, -0.15) is 0 Å². The second-order valence-electron chi connectivity index (χ2n) is 2.28. The maximum atomic E-state index is 4.95. The monoisotopic (exact) mass is 194 g/mol. The first-order chi connectivity index (χ1) is 5.86. The molecule has 0 saturated heterocycles. The number of aromatic amines is 1. The summed E-state index contributed by atoms with van der Waals surface area (Å²) in [4.78, 5) is 8.14. The molecule has 0 fully saturated rings. The molecule has 0 aliphatic heterocycles. The maximum absolute atomic E-state index is 4.95. The molecule has 4 heteroatoms. The van der Waals surface area contributed by atoms with E-state index < -0.39 is 0 Å². The van der Waals surface area contributed by atoms with Crippen molar-refractivity contribution in [2.45, 2.75) is 0 Å². The van der Waals surface area contributed by atoms with E-state index in [9.17, 15) is 0 Å². The lowest BCUT2D eigenvalue weighted by molar-refractivity contribution is 1.16. The van der Waals surface area contributed by atoms with Gasteiger partial charge in [-0.25, -0.2) is 4.98 Å². The number of hydrogen-bond acceptors (Lipinski definition) is 3. The largest absolute Gasteiger partial charge is 0.345 e. The molecule has 0 saturated carbocycles. The number of aromatic nitrogens is 2. The van der Waals surface area contributed by atoms with Crippen LogP contribution in [0.4, 0.5) is 0 Å². The Bertz CT molecular complexity index is 417. The van der Waals surface area contributed by atoms with E-state index >= 15 is 0 Å². The van der Waals surface area contributed by atoms with E-state index in [4.69, 9.17) is 12.2 Å². The van der Waals surface area contributed by atoms with Crippen molar-refractivity contribution < 1.29 is 0 Å². The summed E-state index contributed by atoms with van der Waals surface area (Å²) in [5.41, 5.74) is 1.03. The predicted octanol–water partition coefficient (Wildman–Crippen LogP) is 2.87. The minimum absolute atomic E-state index is 0.622. The summed E-state index contributed by atoms with van der Waals surface area (Å²) < 4.78 is 0.622. The smallest absolute Gasteiger partial charge is 0.130 e. The Morgan fingerprint density at radius 3 is 3.08 bits per heavy atom. The van der Waals surface area contributed by atoms with E-state index in [1.807, 2.05) is 23.6 Å². The predicted molar refractivity (Wildman–Crippen MR) is 52.7 cm³/mol. The lowest BCUT2D eigenvalue weighted by atomic mass is 10.3. The second kappa shape index (κ2) is 3.16. The summed E-state index contributed by atoms with van der Waals surface area (Å²) in [5, 5.41) is 2.03. The maximum Gasteiger partial charge on any atom is 0.130 e. The van der Waals surface area contributed by atoms with E-state index in [0.29, 0.717) is 4.64 Å². The van der Waals surface area contributed by atoms with Crippen molar-refractivity contribution in [2.75, 3.05) is 0 Å². The van der Waals surface area contributed by atoms with Gasteiger partial charge in [0.2, 0.25) is 0 Å². The zero-order valence-electron chi connectivity index (χ0n) is 6.15. The van der Waals surface area contributed by atoms with Crippen molar-refractivity contribution in [3.05, 3.63) is 34.5 Å². The van der Waals surface area contributed by atoms with Gasteiger partial charge >= 0.3 is 0 Å². The molecule has 0 amide bonds. The highest BCUT2D eigenvalue weighted by Gasteiger charge is 1.96. The van der Waals surface area contributed by atoms with Crippen LogP contribution in [0.25, 0.3) is 10.6 Å². The summed E-state index contributed by atoms with van der Waals surface area (Å²) in [6.45, 7) is 0. The van der Waals surface area contributed by atoms with Crippen molar-refractivity contribution in [1.82, 2.24) is 9.97 Å². The summed E-state index contributed by atoms with van der Waals surface area (Å²) in [6, 6.07) is 5.92. The molecule has 0 aromatic carbocycles. The number of rotatable bonds is 1. The van der Waals surface area contributed by atoms with Crippen molar-refractivity contribution in [3.63, 3.8) is 0 Å². The van der Waals surface area contributed by atoms with Crippen LogP contribution in [0.2, 0.25) is 0 Å². The topological polar surface area (TPSA) is 28.7 Å². The normalized spacial score (nSPS) is 10.0. The third-order valence-corrected chi connectivity index (χ3v) is 2.59. The van der Waals surface area contributed by atoms with Crippen molar-refractivity contribution in [2.24, 2.45) is 0 Å². The Labute approximate surface area is 78.9 Å². The fourth-order valence-electron chi connectivity index (χ4n) is 0.942. The molecule has 0 unspecified atom stereocenters. The average molecular weight is 194 g/mol. The Kier molecular flexibility index (Phi) is 2.01. The van der Waals surface area contributed by atoms with E-state index in [0.717, 1.165) is 5.69 Å². The van der Waals surface area contributed by atoms with Crippen LogP contribution in [0.1, 0.15) is 0 Å². The molecule has 2 rings (SSSR count). The highest BCUT2D eigenvalue weighted by Crippen LogP contribution is 2.21. The first-order valence-corrected chi connectivity index (χ1v) is 4.74. The lowest BCUT2D eigenvalue weighted by Crippen LogP contribution is -1.81. The average Bonchev–Trinajstić information content (AvgIpc) is 2.56. The van der Waals surface area contributed by atoms with Gasteiger partial charge in [0, 0.05) is 0 Å². The summed E-state index contributed by atoms with van der Waals surface area (Å²) >= 11 is 6.63. The molecule has 0 spiro atoms. The molecular formula is C8H6N2S2. The quantitative estimate of drug-likeness (QED) is 0.707. The van der Waals surface area contributed by atoms with Crippen LogP contribution >= 0.6 is 23.6 Å². The van der Waals surface area contributed by atoms with Crippen LogP contribution in [0, 0.1) is 4.64 Å². The van der Waals surface area contributed by atoms with E-state index in [-0.39, 0.29) is 0 Å². The first-order valence-electron chi connectivity index (χ1n) is 3.45. The molecule has 2 nitrogen and oxygen atoms in total. The number of nitrogens with one attached hydrogen (secondary N) is 1. The highest BCUT2D eigenvalue weighted by atomic mass is 32.1. The van der Waals surface area contributed by atoms with E-state index in [1.54, 1.807) is 17.7 Å². The SMILES string of the molecule is S=c1cc(-c2cccs2)[nH]cn1. The fourth-order valence-corrected chi connectivity index (χ4v) is 1.82. The van der Waals surface area contributed by atoms with Gasteiger partial charge in [-0.1, -0.05) is 18.3 Å². The molecular weight excluding hydrogens is 188 g/mol.